The van der Waals surface area contributed by atoms with E-state index in [1.807, 2.05) is 270 Å². The van der Waals surface area contributed by atoms with E-state index in [0.29, 0.717) is 0 Å². The summed E-state index contributed by atoms with van der Waals surface area (Å²) in [5, 5.41) is 23.6. The lowest BCUT2D eigenvalue weighted by Gasteiger charge is -2.10. The average Bonchev–Trinajstić information content (AvgIpc) is 0.796. The largest absolute Gasteiger partial charge is 0.0683 e. The normalized spacial score (nSPS) is 9.28. The molecular formula is C144H184. The first-order chi connectivity index (χ1) is 71.6. The van der Waals surface area contributed by atoms with Gasteiger partial charge in [0.15, 0.2) is 0 Å². The second-order valence-electron chi connectivity index (χ2n) is 28.0. The van der Waals surface area contributed by atoms with Gasteiger partial charge in [-0.25, -0.2) is 0 Å². The molecule has 0 radical (unpaired) electrons. The molecule has 0 saturated heterocycles. The van der Waals surface area contributed by atoms with Crippen molar-refractivity contribution >= 4 is 97.0 Å². The molecule has 0 atom stereocenters. The first kappa shape index (κ1) is 132. The summed E-state index contributed by atoms with van der Waals surface area (Å²) < 4.78 is 0. The highest BCUT2D eigenvalue weighted by Gasteiger charge is 2.10. The van der Waals surface area contributed by atoms with Crippen molar-refractivity contribution in [1.29, 1.82) is 0 Å². The van der Waals surface area contributed by atoms with Crippen LogP contribution in [0.3, 0.4) is 0 Å². The molecule has 21 aromatic carbocycles. The van der Waals surface area contributed by atoms with Gasteiger partial charge in [-0.15, -0.1) is 0 Å². The Morgan fingerprint density at radius 1 is 0.0972 bits per heavy atom. The topological polar surface area (TPSA) is 0 Å². The number of rotatable bonds is 3. The Morgan fingerprint density at radius 3 is 0.417 bits per heavy atom. The molecule has 0 heterocycles. The van der Waals surface area contributed by atoms with Gasteiger partial charge in [0.05, 0.1) is 0 Å². The highest BCUT2D eigenvalue weighted by Crippen LogP contribution is 2.36. The molecular weight excluding hydrogens is 1730 g/mol. The molecule has 0 heteroatoms. The first-order valence-corrected chi connectivity index (χ1v) is 54.9. The van der Waals surface area contributed by atoms with Crippen LogP contribution in [0, 0.1) is 0 Å². The van der Waals surface area contributed by atoms with E-state index >= 15 is 0 Å². The van der Waals surface area contributed by atoms with Crippen molar-refractivity contribution < 1.29 is 0 Å². The number of hydrogen-bond acceptors (Lipinski definition) is 0. The fraction of sp³-hybridized carbons (Fsp3) is 0.250. The van der Waals surface area contributed by atoms with E-state index in [2.05, 4.69) is 437 Å². The fourth-order valence-corrected chi connectivity index (χ4v) is 14.8. The Hall–Kier alpha value is -14.0. The average molecular weight is 1920 g/mol. The van der Waals surface area contributed by atoms with E-state index in [1.54, 1.807) is 0 Å². The van der Waals surface area contributed by atoms with Crippen LogP contribution in [-0.2, 0) is 25.7 Å². The lowest BCUT2D eigenvalue weighted by Crippen LogP contribution is -1.97. The summed E-state index contributed by atoms with van der Waals surface area (Å²) in [5.41, 5.74) is 13.6. The van der Waals surface area contributed by atoms with Gasteiger partial charge in [-0.1, -0.05) is 695 Å². The fourth-order valence-electron chi connectivity index (χ4n) is 14.8. The van der Waals surface area contributed by atoms with E-state index < -0.39 is 0 Å². The van der Waals surface area contributed by atoms with E-state index in [9.17, 15) is 0 Å². The van der Waals surface area contributed by atoms with Gasteiger partial charge in [0.1, 0.15) is 0 Å². The Morgan fingerprint density at radius 2 is 0.229 bits per heavy atom. The number of fused-ring (bicyclic) bond motifs is 10. The van der Waals surface area contributed by atoms with Crippen LogP contribution in [0.15, 0.2) is 485 Å². The highest BCUT2D eigenvalue weighted by atomic mass is 14.1. The summed E-state index contributed by atoms with van der Waals surface area (Å²) in [4.78, 5) is 0. The van der Waals surface area contributed by atoms with Crippen LogP contribution >= 0.6 is 0 Å². The van der Waals surface area contributed by atoms with Gasteiger partial charge in [-0.3, -0.25) is 0 Å². The predicted octanol–water partition coefficient (Wildman–Crippen LogP) is 47.2. The van der Waals surface area contributed by atoms with E-state index in [-0.39, 0.29) is 0 Å². The summed E-state index contributed by atoms with van der Waals surface area (Å²) in [7, 11) is 0. The summed E-state index contributed by atoms with van der Waals surface area (Å²) in [6.07, 6.45) is 4.61. The molecule has 760 valence electrons. The van der Waals surface area contributed by atoms with E-state index in [0.717, 1.165) is 25.7 Å². The number of benzene rings is 21. The second kappa shape index (κ2) is 89.1. The molecule has 4 aliphatic rings. The summed E-state index contributed by atoms with van der Waals surface area (Å²) in [6, 6.07) is 171. The molecule has 0 saturated carbocycles. The van der Waals surface area contributed by atoms with Gasteiger partial charge < -0.3 is 0 Å². The first-order valence-electron chi connectivity index (χ1n) is 54.9. The van der Waals surface area contributed by atoms with Crippen LogP contribution in [0.2, 0.25) is 0 Å². The lowest BCUT2D eigenvalue weighted by atomic mass is 9.94. The SMILES string of the molecule is CC.CC.CC.CC.CC.CC.CC.CC.CC.CC.CC.CC.CC.CC.CC.CC.c1cc2ccc1CCc1ccc(cc1)CC2.c1ccc(-c2ccccc2)cc1.c1ccc2c(-c3cccc4ccccc34)cccc2c1.c1ccc2c(-c3cccc4ccccc34)cccc2c1.c1ccc2c(c1)ccc1ccccc12.c1ccc2cc3ccccc3cc2c1.c1ccc2ccccc2c1.c1ccccc1. The van der Waals surface area contributed by atoms with Crippen molar-refractivity contribution in [1.82, 2.24) is 0 Å². The number of aryl methyl sites for hydroxylation is 4. The second-order valence-corrected chi connectivity index (χ2v) is 28.0. The molecule has 0 unspecified atom stereocenters. The van der Waals surface area contributed by atoms with Gasteiger partial charge in [0.2, 0.25) is 0 Å². The Balaban J connectivity index is 0. The van der Waals surface area contributed by atoms with Gasteiger partial charge in [-0.2, -0.15) is 0 Å². The predicted molar refractivity (Wildman–Crippen MR) is 668 cm³/mol. The van der Waals surface area contributed by atoms with Crippen LogP contribution in [0.1, 0.15) is 244 Å². The molecule has 0 fully saturated rings. The smallest absolute Gasteiger partial charge is 0.00992 e. The third-order valence-electron chi connectivity index (χ3n) is 20.7. The minimum absolute atomic E-state index is 1.15. The summed E-state index contributed by atoms with van der Waals surface area (Å²) >= 11 is 0. The zero-order chi connectivity index (χ0) is 108. The van der Waals surface area contributed by atoms with Gasteiger partial charge in [-0.05, 0) is 190 Å². The third kappa shape index (κ3) is 45.5. The molecule has 144 heavy (non-hydrogen) atoms. The molecule has 0 aromatic heterocycles. The minimum atomic E-state index is 1.15. The molecule has 0 N–H and O–H groups in total. The maximum Gasteiger partial charge on any atom is -0.00992 e. The molecule has 0 spiro atoms. The maximum atomic E-state index is 2.28. The van der Waals surface area contributed by atoms with Crippen molar-refractivity contribution in [3.63, 3.8) is 0 Å². The monoisotopic (exact) mass is 1910 g/mol. The van der Waals surface area contributed by atoms with Crippen molar-refractivity contribution in [2.45, 2.75) is 247 Å². The van der Waals surface area contributed by atoms with Crippen LogP contribution < -0.4 is 0 Å². The highest BCUT2D eigenvalue weighted by molar-refractivity contribution is 6.09. The van der Waals surface area contributed by atoms with Crippen LogP contribution in [0.5, 0.6) is 0 Å². The maximum absolute atomic E-state index is 2.28. The van der Waals surface area contributed by atoms with Gasteiger partial charge in [0, 0.05) is 0 Å². The lowest BCUT2D eigenvalue weighted by molar-refractivity contribution is 0.921. The van der Waals surface area contributed by atoms with Gasteiger partial charge in [0.25, 0.3) is 0 Å². The standard InChI is InChI=1S/2C20H14.C16H16.2C14H10.C12H10.C10H8.C6H6.16C2H6/c2*1-3-11-17-15(7-1)9-5-13-19(17)20-14-6-10-16-8-2-4-12-18(16)20;1-2-14-4-3-13(1)9-10-15-5-7-16(8-6-15)12-11-14;1-3-7-13-11(5-1)9-10-12-6-2-4-8-14(12)13;1-2-6-12-10-14-8-4-3-7-13(14)9-11(12)5-1;1-3-7-11(8-4-1)12-9-5-2-6-10-12;1-2-6-10-8-4-3-7-9(10)5-1;1-2-4-6-5-3-1;16*1-2/h2*1-14H;1-8H,9-12H2;2*1-10H;1-10H;1-8H;1-6H;16*1-2H3. The van der Waals surface area contributed by atoms with Crippen molar-refractivity contribution in [2.24, 2.45) is 0 Å². The molecule has 0 aliphatic heterocycles. The van der Waals surface area contributed by atoms with Gasteiger partial charge >= 0.3 is 0 Å². The van der Waals surface area contributed by atoms with E-state index in [4.69, 9.17) is 0 Å². The van der Waals surface area contributed by atoms with Crippen molar-refractivity contribution in [2.75, 3.05) is 0 Å². The Bertz CT molecular complexity index is 5810. The summed E-state index contributed by atoms with van der Waals surface area (Å²) in [6.45, 7) is 64.0. The zero-order valence-electron chi connectivity index (χ0n) is 95.0. The molecule has 4 bridgehead atoms. The molecule has 21 aromatic rings. The molecule has 25 rings (SSSR count). The summed E-state index contributed by atoms with van der Waals surface area (Å²) in [5.74, 6) is 0. The van der Waals surface area contributed by atoms with Crippen molar-refractivity contribution in [3.8, 4) is 33.4 Å². The minimum Gasteiger partial charge on any atom is -0.0683 e. The van der Waals surface area contributed by atoms with Crippen LogP contribution in [0.25, 0.3) is 130 Å². The quantitative estimate of drug-likeness (QED) is 0.122. The Kier molecular flexibility index (Phi) is 81.7. The van der Waals surface area contributed by atoms with Crippen LogP contribution in [0.4, 0.5) is 0 Å². The molecule has 0 amide bonds. The zero-order valence-corrected chi connectivity index (χ0v) is 95.0. The molecule has 4 aliphatic carbocycles. The molecule has 0 nitrogen and oxygen atoms in total. The van der Waals surface area contributed by atoms with E-state index in [1.165, 1.54) is 153 Å². The van der Waals surface area contributed by atoms with Crippen LogP contribution in [-0.4, -0.2) is 0 Å². The third-order valence-corrected chi connectivity index (χ3v) is 20.7. The van der Waals surface area contributed by atoms with Crippen molar-refractivity contribution in [3.05, 3.63) is 508 Å². The number of hydrogen-bond donors (Lipinski definition) is 0. The Labute approximate surface area is 878 Å².